The van der Waals surface area contributed by atoms with E-state index in [9.17, 15) is 19.2 Å². The van der Waals surface area contributed by atoms with E-state index in [1.807, 2.05) is 55.5 Å². The number of hydrogen-bond donors (Lipinski definition) is 2. The smallest absolute Gasteiger partial charge is 0.331 e. The highest BCUT2D eigenvalue weighted by molar-refractivity contribution is 6.07. The summed E-state index contributed by atoms with van der Waals surface area (Å²) in [6.45, 7) is 6.80. The van der Waals surface area contributed by atoms with Gasteiger partial charge in [-0.25, -0.2) is 9.59 Å². The van der Waals surface area contributed by atoms with Crippen molar-refractivity contribution in [3.63, 3.8) is 0 Å². The molecular weight excluding hydrogens is 568 g/mol. The molecule has 0 bridgehead atoms. The topological polar surface area (TPSA) is 111 Å². The molecule has 8 heteroatoms. The maximum Gasteiger partial charge on any atom is 0.331 e. The molecule has 2 heterocycles. The molecule has 2 amide bonds. The van der Waals surface area contributed by atoms with Gasteiger partial charge in [0.2, 0.25) is 0 Å². The fourth-order valence-electron chi connectivity index (χ4n) is 4.98. The van der Waals surface area contributed by atoms with Crippen molar-refractivity contribution in [3.05, 3.63) is 118 Å². The second kappa shape index (κ2) is 16.2. The number of hydrogen-bond acceptors (Lipinski definition) is 6. The van der Waals surface area contributed by atoms with Crippen LogP contribution in [0.3, 0.4) is 0 Å². The molecule has 0 aromatic heterocycles. The average molecular weight is 609 g/mol. The van der Waals surface area contributed by atoms with Crippen molar-refractivity contribution in [1.82, 2.24) is 10.6 Å². The van der Waals surface area contributed by atoms with Gasteiger partial charge in [-0.3, -0.25) is 9.59 Å². The summed E-state index contributed by atoms with van der Waals surface area (Å²) < 4.78 is 10.9. The van der Waals surface area contributed by atoms with Crippen LogP contribution in [0.2, 0.25) is 0 Å². The van der Waals surface area contributed by atoms with Crippen LogP contribution in [0.5, 0.6) is 0 Å². The van der Waals surface area contributed by atoms with E-state index in [0.717, 1.165) is 34.2 Å². The van der Waals surface area contributed by atoms with Crippen molar-refractivity contribution >= 4 is 34.9 Å². The Balaban J connectivity index is 0.00000109. The van der Waals surface area contributed by atoms with Gasteiger partial charge < -0.3 is 20.1 Å². The minimum Gasteiger partial charge on any atom is -0.458 e. The zero-order valence-corrected chi connectivity index (χ0v) is 26.1. The van der Waals surface area contributed by atoms with Gasteiger partial charge in [-0.1, -0.05) is 101 Å². The number of esters is 2. The number of carbonyl (C=O) groups is 4. The molecule has 2 aliphatic rings. The molecular formula is C37H40N2O6. The normalized spacial score (nSPS) is 16.8. The third-order valence-corrected chi connectivity index (χ3v) is 7.55. The van der Waals surface area contributed by atoms with E-state index >= 15 is 0 Å². The summed E-state index contributed by atoms with van der Waals surface area (Å²) >= 11 is 0. The molecule has 0 radical (unpaired) electrons. The number of unbranched alkanes of at least 4 members (excludes halogenated alkanes) is 1. The first-order valence-electron chi connectivity index (χ1n) is 15.5. The minimum atomic E-state index is -0.501. The SMILES string of the molecule is CCCC.CCC[C@@H]1NC(=O)c2ccccc2/C1=C/C(=O)OCc1ccc(COC(=O)/C=C2\CNC(=O)c3ccccc32)cc1. The highest BCUT2D eigenvalue weighted by atomic mass is 16.5. The van der Waals surface area contributed by atoms with Crippen LogP contribution in [-0.4, -0.2) is 36.3 Å². The average Bonchev–Trinajstić information content (AvgIpc) is 3.06. The molecule has 5 rings (SSSR count). The Hall–Kier alpha value is -4.98. The van der Waals surface area contributed by atoms with E-state index in [-0.39, 0.29) is 37.6 Å². The van der Waals surface area contributed by atoms with Crippen LogP contribution in [0.1, 0.15) is 89.4 Å². The van der Waals surface area contributed by atoms with Gasteiger partial charge in [-0.2, -0.15) is 0 Å². The zero-order valence-electron chi connectivity index (χ0n) is 26.1. The molecule has 1 atom stereocenters. The summed E-state index contributed by atoms with van der Waals surface area (Å²) in [5, 5.41) is 5.75. The van der Waals surface area contributed by atoms with E-state index in [1.54, 1.807) is 24.3 Å². The Morgan fingerprint density at radius 2 is 1.20 bits per heavy atom. The lowest BCUT2D eigenvalue weighted by Gasteiger charge is -2.28. The van der Waals surface area contributed by atoms with Gasteiger partial charge in [0.25, 0.3) is 11.8 Å². The van der Waals surface area contributed by atoms with Crippen LogP contribution in [0.15, 0.2) is 84.9 Å². The predicted octanol–water partition coefficient (Wildman–Crippen LogP) is 6.40. The highest BCUT2D eigenvalue weighted by Gasteiger charge is 2.28. The van der Waals surface area contributed by atoms with Crippen molar-refractivity contribution in [2.75, 3.05) is 6.54 Å². The molecule has 0 unspecified atom stereocenters. The van der Waals surface area contributed by atoms with Gasteiger partial charge in [-0.15, -0.1) is 0 Å². The van der Waals surface area contributed by atoms with Gasteiger partial charge in [0, 0.05) is 29.8 Å². The molecule has 0 spiro atoms. The van der Waals surface area contributed by atoms with Crippen LogP contribution < -0.4 is 10.6 Å². The Kier molecular flexibility index (Phi) is 11.8. The van der Waals surface area contributed by atoms with E-state index in [0.29, 0.717) is 23.1 Å². The van der Waals surface area contributed by atoms with Gasteiger partial charge in [0.1, 0.15) is 13.2 Å². The molecule has 0 fully saturated rings. The molecule has 2 aliphatic heterocycles. The molecule has 0 saturated carbocycles. The van der Waals surface area contributed by atoms with Gasteiger partial charge in [0.05, 0.1) is 6.04 Å². The molecule has 234 valence electrons. The van der Waals surface area contributed by atoms with Crippen LogP contribution in [-0.2, 0) is 32.3 Å². The summed E-state index contributed by atoms with van der Waals surface area (Å²) in [6, 6.07) is 21.4. The lowest BCUT2D eigenvalue weighted by molar-refractivity contribution is -0.139. The first-order chi connectivity index (χ1) is 21.8. The second-order valence-electron chi connectivity index (χ2n) is 10.9. The highest BCUT2D eigenvalue weighted by Crippen LogP contribution is 2.29. The summed E-state index contributed by atoms with van der Waals surface area (Å²) in [4.78, 5) is 49.7. The van der Waals surface area contributed by atoms with Crippen LogP contribution in [0.25, 0.3) is 11.1 Å². The van der Waals surface area contributed by atoms with E-state index in [1.165, 1.54) is 25.0 Å². The fourth-order valence-corrected chi connectivity index (χ4v) is 4.98. The molecule has 0 saturated heterocycles. The summed E-state index contributed by atoms with van der Waals surface area (Å²) in [5.41, 5.74) is 5.55. The molecule has 3 aromatic rings. The Morgan fingerprint density at radius 1 is 0.689 bits per heavy atom. The maximum absolute atomic E-state index is 12.7. The first kappa shape index (κ1) is 32.9. The first-order valence-corrected chi connectivity index (χ1v) is 15.5. The number of ether oxygens (including phenoxy) is 2. The molecule has 2 N–H and O–H groups in total. The van der Waals surface area contributed by atoms with Gasteiger partial charge >= 0.3 is 11.9 Å². The largest absolute Gasteiger partial charge is 0.458 e. The van der Waals surface area contributed by atoms with Gasteiger partial charge in [0.15, 0.2) is 0 Å². The quantitative estimate of drug-likeness (QED) is 0.215. The Bertz CT molecular complexity index is 1590. The van der Waals surface area contributed by atoms with Crippen molar-refractivity contribution in [3.8, 4) is 0 Å². The van der Waals surface area contributed by atoms with Crippen molar-refractivity contribution < 1.29 is 28.7 Å². The molecule has 0 aliphatic carbocycles. The van der Waals surface area contributed by atoms with E-state index < -0.39 is 11.9 Å². The minimum absolute atomic E-state index is 0.0758. The molecule has 45 heavy (non-hydrogen) atoms. The van der Waals surface area contributed by atoms with Crippen molar-refractivity contribution in [1.29, 1.82) is 0 Å². The Labute approximate surface area is 264 Å². The summed E-state index contributed by atoms with van der Waals surface area (Å²) in [6.07, 6.45) is 7.08. The third-order valence-electron chi connectivity index (χ3n) is 7.55. The number of nitrogens with one attached hydrogen (secondary N) is 2. The lowest BCUT2D eigenvalue weighted by Crippen LogP contribution is -2.40. The maximum atomic E-state index is 12.7. The number of benzene rings is 3. The molecule has 8 nitrogen and oxygen atoms in total. The third kappa shape index (κ3) is 8.79. The van der Waals surface area contributed by atoms with E-state index in [2.05, 4.69) is 24.5 Å². The van der Waals surface area contributed by atoms with E-state index in [4.69, 9.17) is 9.47 Å². The van der Waals surface area contributed by atoms with Crippen LogP contribution in [0.4, 0.5) is 0 Å². The number of carbonyl (C=O) groups excluding carboxylic acids is 4. The number of rotatable bonds is 9. The van der Waals surface area contributed by atoms with Crippen molar-refractivity contribution in [2.45, 2.75) is 65.7 Å². The van der Waals surface area contributed by atoms with Crippen molar-refractivity contribution in [2.24, 2.45) is 0 Å². The Morgan fingerprint density at radius 3 is 1.76 bits per heavy atom. The monoisotopic (exact) mass is 608 g/mol. The van der Waals surface area contributed by atoms with Crippen LogP contribution in [0, 0.1) is 0 Å². The van der Waals surface area contributed by atoms with Gasteiger partial charge in [-0.05, 0) is 52.0 Å². The zero-order chi connectivity index (χ0) is 32.2. The lowest BCUT2D eigenvalue weighted by atomic mass is 9.87. The fraction of sp³-hybridized carbons (Fsp3) is 0.297. The second-order valence-corrected chi connectivity index (χ2v) is 10.9. The number of amides is 2. The van der Waals surface area contributed by atoms with Crippen LogP contribution >= 0.6 is 0 Å². The summed E-state index contributed by atoms with van der Waals surface area (Å²) in [7, 11) is 0. The summed E-state index contributed by atoms with van der Waals surface area (Å²) in [5.74, 6) is -1.29. The number of fused-ring (bicyclic) bond motifs is 2. The standard InChI is InChI=1S/C33H30N2O6.C4H10/c1-2-7-29-28(25-9-4-6-11-27(25)33(39)35-29)17-31(37)41-20-22-14-12-21(13-15-22)19-40-30(36)16-23-18-34-32(38)26-10-5-3-8-24(23)26;1-3-4-2/h3-6,8-17,29H,2,7,18-20H2,1H3,(H,34,38)(H,35,39);3-4H2,1-2H3/b23-16+,28-17-;/t29-;/m0./s1. The molecule has 3 aromatic carbocycles. The predicted molar refractivity (Wildman–Crippen MR) is 174 cm³/mol.